The molecular formula is C16H20FNO2. The molecule has 0 atom stereocenters. The molecule has 20 heavy (non-hydrogen) atoms. The molecule has 1 fully saturated rings. The van der Waals surface area contributed by atoms with E-state index in [1.165, 1.54) is 18.2 Å². The van der Waals surface area contributed by atoms with Crippen LogP contribution in [0.3, 0.4) is 0 Å². The number of aliphatic hydroxyl groups excluding tert-OH is 1. The number of aliphatic hydroxyl groups is 1. The third kappa shape index (κ3) is 3.90. The van der Waals surface area contributed by atoms with Gasteiger partial charge in [-0.3, -0.25) is 4.79 Å². The zero-order valence-corrected chi connectivity index (χ0v) is 11.4. The second kappa shape index (κ2) is 6.66. The Hall–Kier alpha value is -1.68. The maximum absolute atomic E-state index is 12.8. The van der Waals surface area contributed by atoms with Crippen molar-refractivity contribution in [2.75, 3.05) is 6.61 Å². The summed E-state index contributed by atoms with van der Waals surface area (Å²) in [6.45, 7) is -0.0247. The molecule has 2 N–H and O–H groups in total. The number of hydrogen-bond acceptors (Lipinski definition) is 2. The molecular weight excluding hydrogens is 257 g/mol. The van der Waals surface area contributed by atoms with Crippen LogP contribution in [0.15, 0.2) is 30.3 Å². The molecule has 0 spiro atoms. The highest BCUT2D eigenvalue weighted by molar-refractivity contribution is 5.92. The van der Waals surface area contributed by atoms with E-state index in [1.54, 1.807) is 18.2 Å². The molecule has 0 aromatic heterocycles. The molecule has 4 heteroatoms. The zero-order chi connectivity index (χ0) is 14.4. The fourth-order valence-corrected chi connectivity index (χ4v) is 2.60. The van der Waals surface area contributed by atoms with Gasteiger partial charge in [-0.05, 0) is 36.6 Å². The Morgan fingerprint density at radius 3 is 2.50 bits per heavy atom. The molecule has 108 valence electrons. The van der Waals surface area contributed by atoms with E-state index in [0.29, 0.717) is 0 Å². The SMILES string of the molecule is O=C(C=Cc1ccc(F)cc1)NC1(CO)CCCCC1. The molecule has 1 amide bonds. The third-order valence-electron chi connectivity index (χ3n) is 3.80. The first-order chi connectivity index (χ1) is 9.63. The number of carbonyl (C=O) groups excluding carboxylic acids is 1. The van der Waals surface area contributed by atoms with Gasteiger partial charge < -0.3 is 10.4 Å². The van der Waals surface area contributed by atoms with E-state index in [2.05, 4.69) is 5.32 Å². The quantitative estimate of drug-likeness (QED) is 0.831. The number of halogens is 1. The molecule has 0 unspecified atom stereocenters. The summed E-state index contributed by atoms with van der Waals surface area (Å²) in [5.41, 5.74) is 0.297. The minimum atomic E-state index is -0.470. The average Bonchev–Trinajstić information content (AvgIpc) is 2.47. The molecule has 1 aliphatic carbocycles. The molecule has 3 nitrogen and oxygen atoms in total. The number of hydrogen-bond donors (Lipinski definition) is 2. The van der Waals surface area contributed by atoms with Crippen LogP contribution in [0.4, 0.5) is 4.39 Å². The van der Waals surface area contributed by atoms with Crippen molar-refractivity contribution in [1.29, 1.82) is 0 Å². The second-order valence-corrected chi connectivity index (χ2v) is 5.37. The van der Waals surface area contributed by atoms with Crippen LogP contribution < -0.4 is 5.32 Å². The smallest absolute Gasteiger partial charge is 0.244 e. The van der Waals surface area contributed by atoms with Gasteiger partial charge in [0.2, 0.25) is 5.91 Å². The molecule has 0 heterocycles. The monoisotopic (exact) mass is 277 g/mol. The van der Waals surface area contributed by atoms with Crippen molar-refractivity contribution in [3.8, 4) is 0 Å². The Morgan fingerprint density at radius 2 is 1.90 bits per heavy atom. The molecule has 0 aliphatic heterocycles. The van der Waals surface area contributed by atoms with Crippen molar-refractivity contribution in [3.05, 3.63) is 41.7 Å². The Labute approximate surface area is 118 Å². The minimum Gasteiger partial charge on any atom is -0.394 e. The van der Waals surface area contributed by atoms with Crippen LogP contribution in [0.25, 0.3) is 6.08 Å². The minimum absolute atomic E-state index is 0.0247. The van der Waals surface area contributed by atoms with Crippen LogP contribution >= 0.6 is 0 Å². The van der Waals surface area contributed by atoms with Crippen molar-refractivity contribution in [1.82, 2.24) is 5.32 Å². The fourth-order valence-electron chi connectivity index (χ4n) is 2.60. The lowest BCUT2D eigenvalue weighted by molar-refractivity contribution is -0.119. The van der Waals surface area contributed by atoms with Gasteiger partial charge in [-0.25, -0.2) is 4.39 Å². The average molecular weight is 277 g/mol. The first kappa shape index (κ1) is 14.7. The number of benzene rings is 1. The molecule has 0 bridgehead atoms. The van der Waals surface area contributed by atoms with Gasteiger partial charge in [0.25, 0.3) is 0 Å². The summed E-state index contributed by atoms with van der Waals surface area (Å²) in [6.07, 6.45) is 7.93. The highest BCUT2D eigenvalue weighted by Crippen LogP contribution is 2.27. The van der Waals surface area contributed by atoms with Gasteiger partial charge in [0.15, 0.2) is 0 Å². The maximum Gasteiger partial charge on any atom is 0.244 e. The maximum atomic E-state index is 12.8. The van der Waals surface area contributed by atoms with Crippen molar-refractivity contribution in [2.24, 2.45) is 0 Å². The summed E-state index contributed by atoms with van der Waals surface area (Å²) >= 11 is 0. The van der Waals surface area contributed by atoms with Gasteiger partial charge in [-0.15, -0.1) is 0 Å². The van der Waals surface area contributed by atoms with Crippen molar-refractivity contribution in [3.63, 3.8) is 0 Å². The summed E-state index contributed by atoms with van der Waals surface area (Å²) < 4.78 is 12.8. The third-order valence-corrected chi connectivity index (χ3v) is 3.80. The topological polar surface area (TPSA) is 49.3 Å². The van der Waals surface area contributed by atoms with Crippen molar-refractivity contribution < 1.29 is 14.3 Å². The van der Waals surface area contributed by atoms with Crippen LogP contribution in [0.1, 0.15) is 37.7 Å². The largest absolute Gasteiger partial charge is 0.394 e. The van der Waals surface area contributed by atoms with Gasteiger partial charge in [0.05, 0.1) is 12.1 Å². The standard InChI is InChI=1S/C16H20FNO2/c17-14-7-4-13(5-8-14)6-9-15(20)18-16(12-19)10-2-1-3-11-16/h4-9,19H,1-3,10-12H2,(H,18,20). The van der Waals surface area contributed by atoms with E-state index >= 15 is 0 Å². The van der Waals surface area contributed by atoms with Crippen LogP contribution in [0, 0.1) is 5.82 Å². The summed E-state index contributed by atoms with van der Waals surface area (Å²) in [6, 6.07) is 5.94. The van der Waals surface area contributed by atoms with Crippen LogP contribution in [-0.4, -0.2) is 23.2 Å². The number of amides is 1. The number of nitrogens with one attached hydrogen (secondary N) is 1. The predicted octanol–water partition coefficient (Wildman–Crippen LogP) is 2.65. The first-order valence-corrected chi connectivity index (χ1v) is 7.00. The van der Waals surface area contributed by atoms with E-state index in [4.69, 9.17) is 0 Å². The van der Waals surface area contributed by atoms with Crippen LogP contribution in [-0.2, 0) is 4.79 Å². The summed E-state index contributed by atoms with van der Waals surface area (Å²) in [5, 5.41) is 12.4. The molecule has 1 aromatic rings. The Balaban J connectivity index is 1.95. The van der Waals surface area contributed by atoms with E-state index in [-0.39, 0.29) is 18.3 Å². The summed E-state index contributed by atoms with van der Waals surface area (Å²) in [7, 11) is 0. The lowest BCUT2D eigenvalue weighted by atomic mass is 9.82. The first-order valence-electron chi connectivity index (χ1n) is 7.00. The fraction of sp³-hybridized carbons (Fsp3) is 0.438. The van der Waals surface area contributed by atoms with E-state index in [9.17, 15) is 14.3 Å². The van der Waals surface area contributed by atoms with Crippen LogP contribution in [0.2, 0.25) is 0 Å². The zero-order valence-electron chi connectivity index (χ0n) is 11.4. The lowest BCUT2D eigenvalue weighted by Gasteiger charge is -2.36. The van der Waals surface area contributed by atoms with Gasteiger partial charge in [0, 0.05) is 6.08 Å². The van der Waals surface area contributed by atoms with Crippen LogP contribution in [0.5, 0.6) is 0 Å². The molecule has 0 saturated heterocycles. The van der Waals surface area contributed by atoms with Gasteiger partial charge in [0.1, 0.15) is 5.82 Å². The van der Waals surface area contributed by atoms with E-state index in [1.807, 2.05) is 0 Å². The Bertz CT molecular complexity index is 476. The highest BCUT2D eigenvalue weighted by atomic mass is 19.1. The second-order valence-electron chi connectivity index (χ2n) is 5.37. The predicted molar refractivity (Wildman–Crippen MR) is 76.5 cm³/mol. The lowest BCUT2D eigenvalue weighted by Crippen LogP contribution is -2.52. The summed E-state index contributed by atoms with van der Waals surface area (Å²) in [4.78, 5) is 11.9. The Kier molecular flexibility index (Phi) is 4.90. The molecule has 1 saturated carbocycles. The number of rotatable bonds is 4. The summed E-state index contributed by atoms with van der Waals surface area (Å²) in [5.74, 6) is -0.515. The Morgan fingerprint density at radius 1 is 1.25 bits per heavy atom. The van der Waals surface area contributed by atoms with Gasteiger partial charge in [-0.2, -0.15) is 0 Å². The molecule has 1 aromatic carbocycles. The highest BCUT2D eigenvalue weighted by Gasteiger charge is 2.32. The molecule has 0 radical (unpaired) electrons. The molecule has 1 aliphatic rings. The van der Waals surface area contributed by atoms with Gasteiger partial charge >= 0.3 is 0 Å². The molecule has 2 rings (SSSR count). The van der Waals surface area contributed by atoms with Gasteiger partial charge in [-0.1, -0.05) is 31.4 Å². The van der Waals surface area contributed by atoms with E-state index in [0.717, 1.165) is 37.7 Å². The van der Waals surface area contributed by atoms with E-state index < -0.39 is 5.54 Å². The van der Waals surface area contributed by atoms with Crippen molar-refractivity contribution >= 4 is 12.0 Å². The number of carbonyl (C=O) groups is 1. The normalized spacial score (nSPS) is 18.1. The van der Waals surface area contributed by atoms with Crippen molar-refractivity contribution in [2.45, 2.75) is 37.6 Å².